The lowest BCUT2D eigenvalue weighted by Crippen LogP contribution is -2.01. The quantitative estimate of drug-likeness (QED) is 0.450. The lowest BCUT2D eigenvalue weighted by Gasteiger charge is -1.98. The van der Waals surface area contributed by atoms with E-state index in [2.05, 4.69) is 11.9 Å². The molecule has 0 saturated heterocycles. The summed E-state index contributed by atoms with van der Waals surface area (Å²) in [6.45, 7) is 6.53. The second-order valence-electron chi connectivity index (χ2n) is 3.55. The van der Waals surface area contributed by atoms with Crippen molar-refractivity contribution < 1.29 is 9.53 Å². The predicted octanol–water partition coefficient (Wildman–Crippen LogP) is 3.12. The van der Waals surface area contributed by atoms with Gasteiger partial charge in [-0.05, 0) is 26.3 Å². The molecule has 0 aliphatic rings. The molecule has 0 bridgehead atoms. The van der Waals surface area contributed by atoms with E-state index in [0.29, 0.717) is 6.61 Å². The van der Waals surface area contributed by atoms with E-state index in [1.165, 1.54) is 11.0 Å². The van der Waals surface area contributed by atoms with Crippen molar-refractivity contribution in [3.05, 3.63) is 21.7 Å². The molecule has 16 heavy (non-hydrogen) atoms. The highest BCUT2D eigenvalue weighted by Crippen LogP contribution is 2.17. The van der Waals surface area contributed by atoms with Crippen molar-refractivity contribution in [2.45, 2.75) is 33.6 Å². The number of ether oxygens (including phenoxy) is 1. The van der Waals surface area contributed by atoms with Gasteiger partial charge in [0.25, 0.3) is 0 Å². The van der Waals surface area contributed by atoms with Crippen LogP contribution in [0.5, 0.6) is 0 Å². The molecule has 1 rings (SSSR count). The van der Waals surface area contributed by atoms with Crippen molar-refractivity contribution >= 4 is 23.4 Å². The highest BCUT2D eigenvalue weighted by atomic mass is 32.1. The molecule has 0 fully saturated rings. The van der Waals surface area contributed by atoms with Crippen LogP contribution in [0.15, 0.2) is 6.08 Å². The van der Waals surface area contributed by atoms with Crippen molar-refractivity contribution in [2.24, 2.45) is 0 Å². The summed E-state index contributed by atoms with van der Waals surface area (Å²) in [5.41, 5.74) is 1.02. The summed E-state index contributed by atoms with van der Waals surface area (Å²) >= 11 is 1.58. The number of esters is 1. The lowest BCUT2D eigenvalue weighted by atomic mass is 10.4. The molecule has 1 aromatic heterocycles. The van der Waals surface area contributed by atoms with E-state index in [-0.39, 0.29) is 5.97 Å². The number of aryl methyl sites for hydroxylation is 2. The summed E-state index contributed by atoms with van der Waals surface area (Å²) in [6, 6.07) is 0. The molecule has 0 aromatic carbocycles. The van der Waals surface area contributed by atoms with Gasteiger partial charge in [0.2, 0.25) is 0 Å². The number of aromatic nitrogens is 1. The molecule has 88 valence electrons. The number of unbranched alkanes of at least 4 members (excludes halogenated alkanes) is 1. The molecule has 0 aliphatic heterocycles. The van der Waals surface area contributed by atoms with Gasteiger partial charge >= 0.3 is 5.97 Å². The topological polar surface area (TPSA) is 39.2 Å². The van der Waals surface area contributed by atoms with Gasteiger partial charge in [0, 0.05) is 11.0 Å². The van der Waals surface area contributed by atoms with E-state index >= 15 is 0 Å². The second-order valence-corrected chi connectivity index (χ2v) is 4.78. The van der Waals surface area contributed by atoms with E-state index in [9.17, 15) is 4.79 Å². The third-order valence-electron chi connectivity index (χ3n) is 2.15. The van der Waals surface area contributed by atoms with Crippen molar-refractivity contribution in [1.29, 1.82) is 0 Å². The molecule has 3 nitrogen and oxygen atoms in total. The maximum absolute atomic E-state index is 11.3. The summed E-state index contributed by atoms with van der Waals surface area (Å²) in [7, 11) is 0. The molecule has 4 heteroatoms. The highest BCUT2D eigenvalue weighted by Gasteiger charge is 2.01. The van der Waals surface area contributed by atoms with Gasteiger partial charge in [-0.15, -0.1) is 11.3 Å². The normalized spacial score (nSPS) is 10.9. The van der Waals surface area contributed by atoms with Crippen molar-refractivity contribution in [2.75, 3.05) is 6.61 Å². The van der Waals surface area contributed by atoms with Gasteiger partial charge in [-0.25, -0.2) is 9.78 Å². The SMILES string of the molecule is CCCCOC(=O)/C=C/c1nc(C)c(C)s1. The molecular weight excluding hydrogens is 222 g/mol. The van der Waals surface area contributed by atoms with E-state index in [1.807, 2.05) is 13.8 Å². The fraction of sp³-hybridized carbons (Fsp3) is 0.500. The minimum Gasteiger partial charge on any atom is -0.463 e. The molecule has 0 amide bonds. The highest BCUT2D eigenvalue weighted by molar-refractivity contribution is 7.12. The molecule has 1 heterocycles. The average Bonchev–Trinajstić information content (AvgIpc) is 2.56. The molecular formula is C12H17NO2S. The fourth-order valence-electron chi connectivity index (χ4n) is 1.07. The standard InChI is InChI=1S/C12H17NO2S/c1-4-5-8-15-12(14)7-6-11-13-9(2)10(3)16-11/h6-7H,4-5,8H2,1-3H3/b7-6+. The zero-order valence-electron chi connectivity index (χ0n) is 9.95. The number of carbonyl (C=O) groups is 1. The van der Waals surface area contributed by atoms with Gasteiger partial charge in [-0.3, -0.25) is 0 Å². The van der Waals surface area contributed by atoms with Crippen LogP contribution in [0.3, 0.4) is 0 Å². The van der Waals surface area contributed by atoms with Gasteiger partial charge in [0.05, 0.1) is 12.3 Å². The Hall–Kier alpha value is -1.16. The van der Waals surface area contributed by atoms with Gasteiger partial charge in [-0.1, -0.05) is 13.3 Å². The Balaban J connectivity index is 2.44. The first-order chi connectivity index (χ1) is 7.63. The largest absolute Gasteiger partial charge is 0.463 e. The Morgan fingerprint density at radius 3 is 2.81 bits per heavy atom. The smallest absolute Gasteiger partial charge is 0.330 e. The number of thiazole rings is 1. The maximum atomic E-state index is 11.3. The van der Waals surface area contributed by atoms with Gasteiger partial charge in [0.1, 0.15) is 5.01 Å². The van der Waals surface area contributed by atoms with E-state index in [0.717, 1.165) is 23.5 Å². The Morgan fingerprint density at radius 2 is 2.25 bits per heavy atom. The third-order valence-corrected chi connectivity index (χ3v) is 3.19. The predicted molar refractivity (Wildman–Crippen MR) is 66.5 cm³/mol. The summed E-state index contributed by atoms with van der Waals surface area (Å²) < 4.78 is 4.99. The van der Waals surface area contributed by atoms with Crippen LogP contribution in [0.25, 0.3) is 6.08 Å². The van der Waals surface area contributed by atoms with Crippen LogP contribution in [0, 0.1) is 13.8 Å². The van der Waals surface area contributed by atoms with E-state index < -0.39 is 0 Å². The zero-order valence-corrected chi connectivity index (χ0v) is 10.8. The van der Waals surface area contributed by atoms with Crippen LogP contribution in [0.4, 0.5) is 0 Å². The Morgan fingerprint density at radius 1 is 1.50 bits per heavy atom. The van der Waals surface area contributed by atoms with Crippen molar-refractivity contribution in [1.82, 2.24) is 4.98 Å². The summed E-state index contributed by atoms with van der Waals surface area (Å²) in [5.74, 6) is -0.293. The Bertz CT molecular complexity index is 363. The van der Waals surface area contributed by atoms with Crippen LogP contribution >= 0.6 is 11.3 Å². The van der Waals surface area contributed by atoms with Crippen LogP contribution in [0.1, 0.15) is 35.3 Å². The molecule has 0 radical (unpaired) electrons. The number of rotatable bonds is 5. The van der Waals surface area contributed by atoms with E-state index in [1.54, 1.807) is 17.4 Å². The van der Waals surface area contributed by atoms with Crippen molar-refractivity contribution in [3.63, 3.8) is 0 Å². The number of carbonyl (C=O) groups excluding carboxylic acids is 1. The molecule has 1 aromatic rings. The maximum Gasteiger partial charge on any atom is 0.330 e. The summed E-state index contributed by atoms with van der Waals surface area (Å²) in [6.07, 6.45) is 5.09. The zero-order chi connectivity index (χ0) is 12.0. The number of hydrogen-bond acceptors (Lipinski definition) is 4. The first-order valence-electron chi connectivity index (χ1n) is 5.42. The Kier molecular flexibility index (Phi) is 5.19. The Labute approximate surface area is 100 Å². The average molecular weight is 239 g/mol. The molecule has 0 aliphatic carbocycles. The van der Waals surface area contributed by atoms with Crippen LogP contribution in [-0.4, -0.2) is 17.6 Å². The molecule has 0 spiro atoms. The number of hydrogen-bond donors (Lipinski definition) is 0. The van der Waals surface area contributed by atoms with Crippen LogP contribution < -0.4 is 0 Å². The second kappa shape index (κ2) is 6.43. The molecule has 0 atom stereocenters. The molecule has 0 N–H and O–H groups in total. The molecule has 0 saturated carbocycles. The minimum absolute atomic E-state index is 0.293. The fourth-order valence-corrected chi connectivity index (χ4v) is 1.90. The third kappa shape index (κ3) is 4.14. The number of nitrogens with zero attached hydrogens (tertiary/aromatic N) is 1. The summed E-state index contributed by atoms with van der Waals surface area (Å²) in [5, 5.41) is 0.849. The minimum atomic E-state index is -0.293. The van der Waals surface area contributed by atoms with Crippen molar-refractivity contribution in [3.8, 4) is 0 Å². The van der Waals surface area contributed by atoms with Crippen LogP contribution in [0.2, 0.25) is 0 Å². The first-order valence-corrected chi connectivity index (χ1v) is 6.24. The lowest BCUT2D eigenvalue weighted by molar-refractivity contribution is -0.137. The van der Waals surface area contributed by atoms with Gasteiger partial charge in [-0.2, -0.15) is 0 Å². The van der Waals surface area contributed by atoms with Crippen LogP contribution in [-0.2, 0) is 9.53 Å². The van der Waals surface area contributed by atoms with Gasteiger partial charge < -0.3 is 4.74 Å². The van der Waals surface area contributed by atoms with Gasteiger partial charge in [0.15, 0.2) is 0 Å². The monoisotopic (exact) mass is 239 g/mol. The molecule has 0 unspecified atom stereocenters. The van der Waals surface area contributed by atoms with E-state index in [4.69, 9.17) is 4.74 Å². The first kappa shape index (κ1) is 12.9. The summed E-state index contributed by atoms with van der Waals surface area (Å²) in [4.78, 5) is 16.7.